The Hall–Kier alpha value is -2.74. The Kier molecular flexibility index (Phi) is 8.68. The Labute approximate surface area is 263 Å². The van der Waals surface area contributed by atoms with Gasteiger partial charge in [-0.15, -0.1) is 0 Å². The number of ether oxygens (including phenoxy) is 7. The number of hydrogen-bond acceptors (Lipinski definition) is 11. The molecule has 0 aromatic heterocycles. The van der Waals surface area contributed by atoms with Gasteiger partial charge >= 0.3 is 18.2 Å². The van der Waals surface area contributed by atoms with Crippen molar-refractivity contribution in [3.05, 3.63) is 11.1 Å². The monoisotopic (exact) mass is 634 g/mol. The lowest BCUT2D eigenvalue weighted by Gasteiger charge is -2.52. The Morgan fingerprint density at radius 3 is 2.36 bits per heavy atom. The summed E-state index contributed by atoms with van der Waals surface area (Å²) < 4.78 is 39.5. The van der Waals surface area contributed by atoms with E-state index in [1.165, 1.54) is 0 Å². The van der Waals surface area contributed by atoms with Crippen LogP contribution in [0.1, 0.15) is 66.2 Å². The van der Waals surface area contributed by atoms with E-state index in [4.69, 9.17) is 33.2 Å². The van der Waals surface area contributed by atoms with Crippen LogP contribution in [0.25, 0.3) is 0 Å². The molecule has 6 rings (SSSR count). The molecule has 250 valence electrons. The van der Waals surface area contributed by atoms with Crippen LogP contribution in [0.4, 0.5) is 9.59 Å². The molecule has 3 heterocycles. The number of Topliss-reactive ketones (excluding diaryl/α,β-unsaturated/α-hetero) is 1. The van der Waals surface area contributed by atoms with Gasteiger partial charge in [-0.25, -0.2) is 14.4 Å². The number of rotatable bonds is 13. The smallest absolute Gasteiger partial charge is 0.407 e. The summed E-state index contributed by atoms with van der Waals surface area (Å²) >= 11 is 0. The average Bonchev–Trinajstić information content (AvgIpc) is 3.86. The zero-order chi connectivity index (χ0) is 32.0. The molecule has 3 aliphatic heterocycles. The van der Waals surface area contributed by atoms with Crippen molar-refractivity contribution in [2.24, 2.45) is 17.3 Å². The summed E-state index contributed by atoms with van der Waals surface area (Å²) in [4.78, 5) is 49.8. The van der Waals surface area contributed by atoms with E-state index in [0.717, 1.165) is 24.0 Å². The number of ketones is 1. The molecule has 7 atom stereocenters. The van der Waals surface area contributed by atoms with Crippen LogP contribution in [-0.2, 0) is 42.7 Å². The van der Waals surface area contributed by atoms with Crippen molar-refractivity contribution < 1.29 is 52.3 Å². The molecular weight excluding hydrogens is 588 g/mol. The molecule has 2 saturated carbocycles. The first-order chi connectivity index (χ1) is 21.4. The summed E-state index contributed by atoms with van der Waals surface area (Å²) in [7, 11) is 0. The molecule has 13 heteroatoms. The van der Waals surface area contributed by atoms with E-state index in [2.05, 4.69) is 17.6 Å². The van der Waals surface area contributed by atoms with Gasteiger partial charge in [0.25, 0.3) is 0 Å². The predicted molar refractivity (Wildman–Crippen MR) is 156 cm³/mol. The van der Waals surface area contributed by atoms with E-state index in [-0.39, 0.29) is 47.8 Å². The fraction of sp³-hybridized carbons (Fsp3) is 0.812. The Morgan fingerprint density at radius 1 is 0.933 bits per heavy atom. The van der Waals surface area contributed by atoms with E-state index in [1.807, 2.05) is 0 Å². The molecule has 7 unspecified atom stereocenters. The SMILES string of the molecule is CC(C)(C)OC(=O)NCCOCCOCCNC(=O)OCCCC1CC2OC23C2(C)CCC4=C(COC4=O)C2CC2OC23C1=O. The third-order valence-electron chi connectivity index (χ3n) is 10.3. The summed E-state index contributed by atoms with van der Waals surface area (Å²) in [6.45, 7) is 10.1. The molecule has 4 fully saturated rings. The standard InChI is InChI=1S/C32H46N2O11/c1-29(2,3)45-28(38)34-10-13-40-15-14-39-12-9-33-27(37)41-11-5-6-19-16-24-32(44-24)30(4)8-7-20-21(18-42-26(20)36)22(30)17-23-31(32,43-23)25(19)35/h19,22-24H,5-18H2,1-4H3,(H,33,37)(H,34,38). The lowest BCUT2D eigenvalue weighted by atomic mass is 9.47. The number of cyclic esters (lactones) is 1. The number of carbonyl (C=O) groups excluding carboxylic acids is 4. The fourth-order valence-electron chi connectivity index (χ4n) is 8.37. The van der Waals surface area contributed by atoms with Crippen molar-refractivity contribution in [3.63, 3.8) is 0 Å². The lowest BCUT2D eigenvalue weighted by molar-refractivity contribution is -0.138. The first-order valence-electron chi connectivity index (χ1n) is 16.2. The van der Waals surface area contributed by atoms with Crippen LogP contribution in [0, 0.1) is 17.3 Å². The summed E-state index contributed by atoms with van der Waals surface area (Å²) in [6.07, 6.45) is 2.74. The number of hydrogen-bond donors (Lipinski definition) is 2. The predicted octanol–water partition coefficient (Wildman–Crippen LogP) is 2.59. The Bertz CT molecular complexity index is 1250. The first kappa shape index (κ1) is 32.2. The van der Waals surface area contributed by atoms with Gasteiger partial charge in [0.1, 0.15) is 17.8 Å². The number of epoxide rings is 2. The van der Waals surface area contributed by atoms with Crippen molar-refractivity contribution in [3.8, 4) is 0 Å². The van der Waals surface area contributed by atoms with Crippen molar-refractivity contribution in [2.75, 3.05) is 52.7 Å². The van der Waals surface area contributed by atoms with Gasteiger partial charge in [-0.3, -0.25) is 4.79 Å². The van der Waals surface area contributed by atoms with Crippen molar-refractivity contribution in [1.29, 1.82) is 0 Å². The average molecular weight is 635 g/mol. The minimum Gasteiger partial charge on any atom is -0.458 e. The van der Waals surface area contributed by atoms with Gasteiger partial charge in [-0.2, -0.15) is 0 Å². The molecule has 0 aromatic carbocycles. The summed E-state index contributed by atoms with van der Waals surface area (Å²) in [5.74, 6) is -0.126. The van der Waals surface area contributed by atoms with E-state index in [0.29, 0.717) is 71.8 Å². The number of nitrogens with one attached hydrogen (secondary N) is 2. The number of esters is 1. The molecule has 2 amide bonds. The topological polar surface area (TPSA) is 164 Å². The van der Waals surface area contributed by atoms with Crippen molar-refractivity contribution in [2.45, 2.75) is 95.2 Å². The minimum atomic E-state index is -0.881. The molecule has 2 N–H and O–H groups in total. The highest BCUT2D eigenvalue weighted by atomic mass is 16.7. The lowest BCUT2D eigenvalue weighted by Crippen LogP contribution is -2.64. The Balaban J connectivity index is 0.842. The second-order valence-corrected chi connectivity index (χ2v) is 14.1. The molecule has 45 heavy (non-hydrogen) atoms. The molecule has 2 saturated heterocycles. The van der Waals surface area contributed by atoms with Gasteiger partial charge in [0.05, 0.1) is 45.2 Å². The molecular formula is C32H46N2O11. The van der Waals surface area contributed by atoms with Crippen LogP contribution in [0.2, 0.25) is 0 Å². The van der Waals surface area contributed by atoms with Crippen LogP contribution in [0.3, 0.4) is 0 Å². The maximum absolute atomic E-state index is 13.9. The van der Waals surface area contributed by atoms with Crippen molar-refractivity contribution >= 4 is 23.9 Å². The van der Waals surface area contributed by atoms with Gasteiger partial charge in [0, 0.05) is 30.0 Å². The third-order valence-corrected chi connectivity index (χ3v) is 10.3. The first-order valence-corrected chi connectivity index (χ1v) is 16.2. The number of amides is 2. The van der Waals surface area contributed by atoms with E-state index >= 15 is 0 Å². The van der Waals surface area contributed by atoms with Gasteiger partial charge in [-0.1, -0.05) is 6.92 Å². The van der Waals surface area contributed by atoms with E-state index in [9.17, 15) is 19.2 Å². The second kappa shape index (κ2) is 12.1. The normalized spacial score (nSPS) is 35.6. The van der Waals surface area contributed by atoms with Crippen LogP contribution in [0.5, 0.6) is 0 Å². The van der Waals surface area contributed by atoms with E-state index < -0.39 is 29.0 Å². The van der Waals surface area contributed by atoms with Gasteiger partial charge in [0.15, 0.2) is 11.4 Å². The van der Waals surface area contributed by atoms with Gasteiger partial charge < -0.3 is 43.8 Å². The minimum absolute atomic E-state index is 0.0401. The summed E-state index contributed by atoms with van der Waals surface area (Å²) in [5, 5.41) is 5.27. The van der Waals surface area contributed by atoms with Crippen LogP contribution < -0.4 is 10.6 Å². The molecule has 13 nitrogen and oxygen atoms in total. The number of fused-ring (bicyclic) bond motifs is 2. The summed E-state index contributed by atoms with van der Waals surface area (Å²) in [6, 6.07) is 0. The van der Waals surface area contributed by atoms with Crippen LogP contribution >= 0.6 is 0 Å². The molecule has 2 spiro atoms. The van der Waals surface area contributed by atoms with E-state index in [1.54, 1.807) is 20.8 Å². The highest BCUT2D eigenvalue weighted by molar-refractivity contribution is 5.97. The maximum atomic E-state index is 13.9. The highest BCUT2D eigenvalue weighted by Gasteiger charge is 2.93. The summed E-state index contributed by atoms with van der Waals surface area (Å²) in [5.41, 5.74) is -0.393. The highest BCUT2D eigenvalue weighted by Crippen LogP contribution is 2.78. The van der Waals surface area contributed by atoms with Crippen LogP contribution in [0.15, 0.2) is 11.1 Å². The molecule has 6 aliphatic rings. The second-order valence-electron chi connectivity index (χ2n) is 14.1. The van der Waals surface area contributed by atoms with Gasteiger partial charge in [0.2, 0.25) is 0 Å². The van der Waals surface area contributed by atoms with Crippen LogP contribution in [-0.4, -0.2) is 106 Å². The Morgan fingerprint density at radius 2 is 1.64 bits per heavy atom. The van der Waals surface area contributed by atoms with Gasteiger partial charge in [-0.05, 0) is 70.8 Å². The maximum Gasteiger partial charge on any atom is 0.407 e. The largest absolute Gasteiger partial charge is 0.458 e. The third kappa shape index (κ3) is 5.74. The number of alkyl carbamates (subject to hydrolysis) is 2. The van der Waals surface area contributed by atoms with Crippen molar-refractivity contribution in [1.82, 2.24) is 10.6 Å². The zero-order valence-electron chi connectivity index (χ0n) is 26.7. The number of carbonyl (C=O) groups is 4. The molecule has 0 bridgehead atoms. The fourth-order valence-corrected chi connectivity index (χ4v) is 8.37. The zero-order valence-corrected chi connectivity index (χ0v) is 26.7. The quantitative estimate of drug-likeness (QED) is 0.132. The molecule has 3 aliphatic carbocycles. The molecule has 0 radical (unpaired) electrons. The molecule has 0 aromatic rings.